The molecule has 1 atom stereocenters. The Morgan fingerprint density at radius 3 is 2.03 bits per heavy atom. The van der Waals surface area contributed by atoms with Gasteiger partial charge in [-0.3, -0.25) is 19.6 Å². The van der Waals surface area contributed by atoms with Crippen molar-refractivity contribution in [3.05, 3.63) is 29.8 Å². The number of anilines is 1. The van der Waals surface area contributed by atoms with Crippen molar-refractivity contribution in [2.45, 2.75) is 71.4 Å². The van der Waals surface area contributed by atoms with Crippen molar-refractivity contribution in [2.75, 3.05) is 5.32 Å². The molecule has 0 radical (unpaired) electrons. The standard InChI is InChI=1S/C21H33N3O5/c1-15(2)13-18(21(27)28)22-14-16-9-11-17(12-10-16)23-19(25)7-5-3-4-6-8-20(26)24-29/h9-12,15,18,22,29H,3-8,13-14H2,1-2H3,(H,23,25)(H,24,26)(H,27,28). The molecule has 162 valence electrons. The van der Waals surface area contributed by atoms with Gasteiger partial charge < -0.3 is 15.7 Å². The second-order valence-corrected chi connectivity index (χ2v) is 7.60. The zero-order chi connectivity index (χ0) is 21.6. The van der Waals surface area contributed by atoms with Crippen LogP contribution in [0.4, 0.5) is 5.69 Å². The summed E-state index contributed by atoms with van der Waals surface area (Å²) < 4.78 is 0. The van der Waals surface area contributed by atoms with Gasteiger partial charge in [0.05, 0.1) is 0 Å². The van der Waals surface area contributed by atoms with E-state index in [1.807, 2.05) is 26.0 Å². The van der Waals surface area contributed by atoms with Crippen LogP contribution in [0.2, 0.25) is 0 Å². The predicted molar refractivity (Wildman–Crippen MR) is 110 cm³/mol. The SMILES string of the molecule is CC(C)CC(NCc1ccc(NC(=O)CCCCCCC(=O)NO)cc1)C(=O)O. The van der Waals surface area contributed by atoms with E-state index in [0.29, 0.717) is 37.4 Å². The van der Waals surface area contributed by atoms with Crippen LogP contribution in [-0.4, -0.2) is 34.1 Å². The minimum absolute atomic E-state index is 0.0631. The maximum absolute atomic E-state index is 12.0. The molecule has 0 aromatic heterocycles. The van der Waals surface area contributed by atoms with Crippen LogP contribution >= 0.6 is 0 Å². The molecule has 2 amide bonds. The van der Waals surface area contributed by atoms with E-state index in [1.165, 1.54) is 0 Å². The fraction of sp³-hybridized carbons (Fsp3) is 0.571. The number of carbonyl (C=O) groups excluding carboxylic acids is 2. The molecule has 0 aliphatic rings. The first kappa shape index (κ1) is 24.6. The molecular formula is C21H33N3O5. The summed E-state index contributed by atoms with van der Waals surface area (Å²) in [6.07, 6.45) is 4.36. The molecule has 0 bridgehead atoms. The highest BCUT2D eigenvalue weighted by atomic mass is 16.5. The molecule has 0 spiro atoms. The van der Waals surface area contributed by atoms with Crippen molar-refractivity contribution in [1.29, 1.82) is 0 Å². The third-order valence-electron chi connectivity index (χ3n) is 4.48. The van der Waals surface area contributed by atoms with E-state index >= 15 is 0 Å². The van der Waals surface area contributed by atoms with Gasteiger partial charge in [-0.15, -0.1) is 0 Å². The normalized spacial score (nSPS) is 11.9. The predicted octanol–water partition coefficient (Wildman–Crippen LogP) is 3.06. The molecule has 1 rings (SSSR count). The second-order valence-electron chi connectivity index (χ2n) is 7.60. The number of rotatable bonds is 14. The Balaban J connectivity index is 2.30. The molecule has 8 nitrogen and oxygen atoms in total. The number of hydrogen-bond donors (Lipinski definition) is 5. The maximum Gasteiger partial charge on any atom is 0.320 e. The van der Waals surface area contributed by atoms with Gasteiger partial charge >= 0.3 is 5.97 Å². The Labute approximate surface area is 172 Å². The summed E-state index contributed by atoms with van der Waals surface area (Å²) in [6.45, 7) is 4.43. The van der Waals surface area contributed by atoms with Gasteiger partial charge in [0, 0.05) is 25.1 Å². The summed E-state index contributed by atoms with van der Waals surface area (Å²) in [4.78, 5) is 34.1. The Hall–Kier alpha value is -2.45. The second kappa shape index (κ2) is 13.7. The molecule has 0 saturated heterocycles. The van der Waals surface area contributed by atoms with Crippen LogP contribution < -0.4 is 16.1 Å². The molecule has 8 heteroatoms. The van der Waals surface area contributed by atoms with Crippen LogP contribution in [0.25, 0.3) is 0 Å². The molecule has 5 N–H and O–H groups in total. The van der Waals surface area contributed by atoms with Crippen molar-refractivity contribution < 1.29 is 24.7 Å². The summed E-state index contributed by atoms with van der Waals surface area (Å²) in [5.74, 6) is -1.01. The fourth-order valence-electron chi connectivity index (χ4n) is 2.89. The van der Waals surface area contributed by atoms with E-state index in [1.54, 1.807) is 17.6 Å². The Kier molecular flexibility index (Phi) is 11.6. The first-order chi connectivity index (χ1) is 13.8. The molecule has 1 unspecified atom stereocenters. The Morgan fingerprint density at radius 2 is 1.52 bits per heavy atom. The van der Waals surface area contributed by atoms with Gasteiger partial charge in [0.1, 0.15) is 6.04 Å². The van der Waals surface area contributed by atoms with E-state index in [-0.39, 0.29) is 18.2 Å². The summed E-state index contributed by atoms with van der Waals surface area (Å²) in [5.41, 5.74) is 3.25. The molecular weight excluding hydrogens is 374 g/mol. The lowest BCUT2D eigenvalue weighted by molar-refractivity contribution is -0.140. The number of unbranched alkanes of at least 4 members (excludes halogenated alkanes) is 3. The lowest BCUT2D eigenvalue weighted by Crippen LogP contribution is -2.37. The van der Waals surface area contributed by atoms with Gasteiger partial charge in [-0.2, -0.15) is 0 Å². The number of benzene rings is 1. The molecule has 0 saturated carbocycles. The highest BCUT2D eigenvalue weighted by Gasteiger charge is 2.17. The summed E-state index contributed by atoms with van der Waals surface area (Å²) >= 11 is 0. The van der Waals surface area contributed by atoms with Crippen LogP contribution in [0.1, 0.15) is 64.4 Å². The monoisotopic (exact) mass is 407 g/mol. The van der Waals surface area contributed by atoms with Gasteiger partial charge in [0.25, 0.3) is 0 Å². The van der Waals surface area contributed by atoms with Crippen LogP contribution in [0.15, 0.2) is 24.3 Å². The van der Waals surface area contributed by atoms with Crippen LogP contribution in [0.3, 0.4) is 0 Å². The summed E-state index contributed by atoms with van der Waals surface area (Å²) in [7, 11) is 0. The van der Waals surface area contributed by atoms with Crippen LogP contribution in [0.5, 0.6) is 0 Å². The van der Waals surface area contributed by atoms with Crippen molar-refractivity contribution in [3.63, 3.8) is 0 Å². The lowest BCUT2D eigenvalue weighted by Gasteiger charge is -2.16. The number of nitrogens with one attached hydrogen (secondary N) is 3. The lowest BCUT2D eigenvalue weighted by atomic mass is 10.0. The number of carboxylic acids is 1. The third-order valence-corrected chi connectivity index (χ3v) is 4.48. The van der Waals surface area contributed by atoms with E-state index in [9.17, 15) is 19.5 Å². The number of hydrogen-bond acceptors (Lipinski definition) is 5. The first-order valence-electron chi connectivity index (χ1n) is 10.1. The highest BCUT2D eigenvalue weighted by molar-refractivity contribution is 5.90. The Morgan fingerprint density at radius 1 is 0.931 bits per heavy atom. The van der Waals surface area contributed by atoms with Crippen molar-refractivity contribution in [3.8, 4) is 0 Å². The number of aliphatic carboxylic acids is 1. The van der Waals surface area contributed by atoms with E-state index in [2.05, 4.69) is 10.6 Å². The van der Waals surface area contributed by atoms with E-state index in [4.69, 9.17) is 5.21 Å². The quantitative estimate of drug-likeness (QED) is 0.183. The van der Waals surface area contributed by atoms with Crippen LogP contribution in [0, 0.1) is 5.92 Å². The highest BCUT2D eigenvalue weighted by Crippen LogP contribution is 2.12. The molecule has 0 aliphatic heterocycles. The largest absolute Gasteiger partial charge is 0.480 e. The van der Waals surface area contributed by atoms with E-state index < -0.39 is 12.0 Å². The minimum Gasteiger partial charge on any atom is -0.480 e. The average Bonchev–Trinajstić information content (AvgIpc) is 2.68. The van der Waals surface area contributed by atoms with Crippen molar-refractivity contribution in [1.82, 2.24) is 10.8 Å². The van der Waals surface area contributed by atoms with Gasteiger partial charge in [0.15, 0.2) is 0 Å². The number of amides is 2. The number of carboxylic acid groups (broad SMARTS) is 1. The third kappa shape index (κ3) is 11.2. The van der Waals surface area contributed by atoms with Gasteiger partial charge in [-0.1, -0.05) is 38.8 Å². The topological polar surface area (TPSA) is 128 Å². The van der Waals surface area contributed by atoms with Gasteiger partial charge in [-0.05, 0) is 42.9 Å². The molecule has 0 heterocycles. The first-order valence-corrected chi connectivity index (χ1v) is 10.1. The van der Waals surface area contributed by atoms with Crippen molar-refractivity contribution in [2.24, 2.45) is 5.92 Å². The average molecular weight is 408 g/mol. The van der Waals surface area contributed by atoms with Gasteiger partial charge in [0.2, 0.25) is 11.8 Å². The Bertz CT molecular complexity index is 646. The molecule has 0 fully saturated rings. The summed E-state index contributed by atoms with van der Waals surface area (Å²) in [5, 5.41) is 23.6. The number of carbonyl (C=O) groups is 3. The zero-order valence-corrected chi connectivity index (χ0v) is 17.2. The zero-order valence-electron chi connectivity index (χ0n) is 17.2. The van der Waals surface area contributed by atoms with Crippen molar-refractivity contribution >= 4 is 23.5 Å². The maximum atomic E-state index is 12.0. The van der Waals surface area contributed by atoms with Gasteiger partial charge in [-0.25, -0.2) is 5.48 Å². The molecule has 1 aromatic rings. The molecule has 0 aliphatic carbocycles. The number of hydroxylamine groups is 1. The van der Waals surface area contributed by atoms with E-state index in [0.717, 1.165) is 24.8 Å². The fourth-order valence-corrected chi connectivity index (χ4v) is 2.89. The molecule has 1 aromatic carbocycles. The minimum atomic E-state index is -0.848. The molecule has 29 heavy (non-hydrogen) atoms. The summed E-state index contributed by atoms with van der Waals surface area (Å²) in [6, 6.07) is 6.76. The van der Waals surface area contributed by atoms with Crippen LogP contribution in [-0.2, 0) is 20.9 Å². The smallest absolute Gasteiger partial charge is 0.320 e.